The number of aliphatic carboxylic acids is 1. The Balaban J connectivity index is 3.21. The second-order valence-electron chi connectivity index (χ2n) is 4.37. The predicted octanol–water partition coefficient (Wildman–Crippen LogP) is 2.66. The lowest BCUT2D eigenvalue weighted by Crippen LogP contribution is -2.27. The number of rotatable bonds is 8. The van der Waals surface area contributed by atoms with Crippen molar-refractivity contribution >= 4 is 17.3 Å². The quantitative estimate of drug-likeness (QED) is 0.575. The van der Waals surface area contributed by atoms with Crippen LogP contribution in [0.25, 0.3) is 0 Å². The van der Waals surface area contributed by atoms with E-state index in [9.17, 15) is 29.4 Å². The number of carbonyl (C=O) groups is 1. The minimum Gasteiger partial charge on any atom is -0.479 e. The Kier molecular flexibility index (Phi) is 5.72. The molecular formula is C12H13FN2O7. The molecule has 9 nitrogen and oxygen atoms in total. The topological polar surface area (TPSA) is 133 Å². The first kappa shape index (κ1) is 17.3. The van der Waals surface area contributed by atoms with Crippen molar-refractivity contribution in [1.82, 2.24) is 0 Å². The van der Waals surface area contributed by atoms with E-state index in [4.69, 9.17) is 9.84 Å². The highest BCUT2D eigenvalue weighted by Gasteiger charge is 2.29. The lowest BCUT2D eigenvalue weighted by atomic mass is 10.1. The molecule has 1 N–H and O–H groups in total. The van der Waals surface area contributed by atoms with E-state index in [1.54, 1.807) is 0 Å². The first-order valence-corrected chi connectivity index (χ1v) is 6.29. The smallest absolute Gasteiger partial charge is 0.344 e. The maximum atomic E-state index is 13.6. The maximum absolute atomic E-state index is 13.6. The van der Waals surface area contributed by atoms with Gasteiger partial charge in [-0.3, -0.25) is 20.2 Å². The summed E-state index contributed by atoms with van der Waals surface area (Å²) in [4.78, 5) is 30.4. The molecule has 0 aromatic heterocycles. The van der Waals surface area contributed by atoms with E-state index in [1.807, 2.05) is 6.92 Å². The highest BCUT2D eigenvalue weighted by molar-refractivity contribution is 5.73. The second kappa shape index (κ2) is 7.29. The summed E-state index contributed by atoms with van der Waals surface area (Å²) in [5.74, 6) is -3.36. The molecule has 0 saturated heterocycles. The van der Waals surface area contributed by atoms with Crippen molar-refractivity contribution in [2.45, 2.75) is 32.3 Å². The van der Waals surface area contributed by atoms with Crippen molar-refractivity contribution < 1.29 is 28.9 Å². The molecule has 1 aromatic carbocycles. The molecule has 0 spiro atoms. The fourth-order valence-corrected chi connectivity index (χ4v) is 1.69. The number of hydrogen-bond acceptors (Lipinski definition) is 6. The number of unbranched alkanes of at least 4 members (excludes halogenated alkanes) is 1. The fraction of sp³-hybridized carbons (Fsp3) is 0.417. The highest BCUT2D eigenvalue weighted by Crippen LogP contribution is 2.34. The van der Waals surface area contributed by atoms with Gasteiger partial charge in [-0.25, -0.2) is 4.79 Å². The van der Waals surface area contributed by atoms with Crippen LogP contribution in [0.4, 0.5) is 15.8 Å². The second-order valence-corrected chi connectivity index (χ2v) is 4.37. The van der Waals surface area contributed by atoms with E-state index in [2.05, 4.69) is 0 Å². The van der Waals surface area contributed by atoms with Crippen LogP contribution in [-0.4, -0.2) is 27.0 Å². The van der Waals surface area contributed by atoms with Gasteiger partial charge in [0.15, 0.2) is 6.10 Å². The number of nitrogens with zero attached hydrogens (tertiary/aromatic N) is 2. The number of hydrogen-bond donors (Lipinski definition) is 1. The van der Waals surface area contributed by atoms with Gasteiger partial charge < -0.3 is 9.84 Å². The summed E-state index contributed by atoms with van der Waals surface area (Å²) < 4.78 is 18.5. The van der Waals surface area contributed by atoms with E-state index in [-0.39, 0.29) is 6.42 Å². The van der Waals surface area contributed by atoms with E-state index in [0.29, 0.717) is 25.0 Å². The minimum atomic E-state index is -1.40. The molecule has 0 aliphatic carbocycles. The number of halogens is 1. The summed E-state index contributed by atoms with van der Waals surface area (Å²) in [6.45, 7) is 1.81. The molecule has 10 heteroatoms. The van der Waals surface area contributed by atoms with Crippen molar-refractivity contribution in [3.05, 3.63) is 38.2 Å². The Labute approximate surface area is 123 Å². The Morgan fingerprint density at radius 1 is 1.32 bits per heavy atom. The lowest BCUT2D eigenvalue weighted by Gasteiger charge is -2.14. The standard InChI is InChI=1S/C12H13FN2O7/c1-2-3-4-10(12(16)17)22-11-5-7(13)8(14(18)19)6-9(11)15(20)21/h5-6,10H,2-4H2,1H3,(H,16,17). The van der Waals surface area contributed by atoms with Crippen LogP contribution in [0.1, 0.15) is 26.2 Å². The molecule has 1 aromatic rings. The van der Waals surface area contributed by atoms with Gasteiger partial charge in [0.1, 0.15) is 6.07 Å². The Morgan fingerprint density at radius 2 is 1.91 bits per heavy atom. The monoisotopic (exact) mass is 316 g/mol. The fourth-order valence-electron chi connectivity index (χ4n) is 1.69. The first-order valence-electron chi connectivity index (χ1n) is 6.29. The van der Waals surface area contributed by atoms with Crippen molar-refractivity contribution in [2.75, 3.05) is 0 Å². The molecule has 0 bridgehead atoms. The number of benzene rings is 1. The average molecular weight is 316 g/mol. The molecule has 1 unspecified atom stereocenters. The zero-order chi connectivity index (χ0) is 16.9. The van der Waals surface area contributed by atoms with E-state index in [0.717, 1.165) is 0 Å². The highest BCUT2D eigenvalue weighted by atomic mass is 19.1. The van der Waals surface area contributed by atoms with Gasteiger partial charge in [0.05, 0.1) is 9.85 Å². The lowest BCUT2D eigenvalue weighted by molar-refractivity contribution is -0.396. The normalized spacial score (nSPS) is 11.7. The number of nitro groups is 2. The van der Waals surface area contributed by atoms with Crippen molar-refractivity contribution in [3.63, 3.8) is 0 Å². The molecule has 0 aliphatic rings. The number of carboxylic acid groups (broad SMARTS) is 1. The summed E-state index contributed by atoms with van der Waals surface area (Å²) >= 11 is 0. The van der Waals surface area contributed by atoms with Gasteiger partial charge in [-0.15, -0.1) is 0 Å². The van der Waals surface area contributed by atoms with Crippen LogP contribution < -0.4 is 4.74 Å². The predicted molar refractivity (Wildman–Crippen MR) is 71.3 cm³/mol. The third-order valence-electron chi connectivity index (χ3n) is 2.79. The van der Waals surface area contributed by atoms with Crippen LogP contribution in [-0.2, 0) is 4.79 Å². The van der Waals surface area contributed by atoms with Gasteiger partial charge in [0.25, 0.3) is 0 Å². The third kappa shape index (κ3) is 4.11. The largest absolute Gasteiger partial charge is 0.479 e. The summed E-state index contributed by atoms with van der Waals surface area (Å²) in [6.07, 6.45) is -0.175. The molecular weight excluding hydrogens is 303 g/mol. The summed E-state index contributed by atoms with van der Waals surface area (Å²) in [5, 5.41) is 30.5. The van der Waals surface area contributed by atoms with Gasteiger partial charge >= 0.3 is 17.3 Å². The molecule has 0 amide bonds. The molecule has 1 rings (SSSR count). The maximum Gasteiger partial charge on any atom is 0.344 e. The van der Waals surface area contributed by atoms with Crippen LogP contribution in [0.3, 0.4) is 0 Å². The zero-order valence-corrected chi connectivity index (χ0v) is 11.5. The molecule has 0 radical (unpaired) electrons. The summed E-state index contributed by atoms with van der Waals surface area (Å²) in [7, 11) is 0. The van der Waals surface area contributed by atoms with Gasteiger partial charge in [0, 0.05) is 6.07 Å². The summed E-state index contributed by atoms with van der Waals surface area (Å²) in [5.41, 5.74) is -1.95. The van der Waals surface area contributed by atoms with Crippen molar-refractivity contribution in [2.24, 2.45) is 0 Å². The number of ether oxygens (including phenoxy) is 1. The number of nitro benzene ring substituents is 2. The Hall–Kier alpha value is -2.78. The molecule has 22 heavy (non-hydrogen) atoms. The van der Waals surface area contributed by atoms with Crippen LogP contribution >= 0.6 is 0 Å². The van der Waals surface area contributed by atoms with E-state index < -0.39 is 44.9 Å². The minimum absolute atomic E-state index is 0.0710. The Bertz CT molecular complexity index is 605. The molecule has 1 atom stereocenters. The van der Waals surface area contributed by atoms with Crippen LogP contribution in [0.2, 0.25) is 0 Å². The van der Waals surface area contributed by atoms with Crippen LogP contribution in [0, 0.1) is 26.0 Å². The third-order valence-corrected chi connectivity index (χ3v) is 2.79. The SMILES string of the molecule is CCCCC(Oc1cc(F)c([N+](=O)[O-])cc1[N+](=O)[O-])C(=O)O. The van der Waals surface area contributed by atoms with Crippen LogP contribution in [0.5, 0.6) is 5.75 Å². The molecule has 120 valence electrons. The van der Waals surface area contributed by atoms with Crippen LogP contribution in [0.15, 0.2) is 12.1 Å². The van der Waals surface area contributed by atoms with Gasteiger partial charge in [-0.1, -0.05) is 13.3 Å². The number of carboxylic acids is 1. The molecule has 0 fully saturated rings. The van der Waals surface area contributed by atoms with Gasteiger partial charge in [-0.2, -0.15) is 4.39 Å². The molecule has 0 aliphatic heterocycles. The van der Waals surface area contributed by atoms with Gasteiger partial charge in [-0.05, 0) is 12.8 Å². The molecule has 0 heterocycles. The van der Waals surface area contributed by atoms with Crippen molar-refractivity contribution in [1.29, 1.82) is 0 Å². The average Bonchev–Trinajstić information content (AvgIpc) is 2.42. The molecule has 0 saturated carbocycles. The summed E-state index contributed by atoms with van der Waals surface area (Å²) in [6, 6.07) is 0.863. The zero-order valence-electron chi connectivity index (χ0n) is 11.5. The first-order chi connectivity index (χ1) is 10.3. The van der Waals surface area contributed by atoms with Crippen molar-refractivity contribution in [3.8, 4) is 5.75 Å². The Morgan fingerprint density at radius 3 is 2.36 bits per heavy atom. The van der Waals surface area contributed by atoms with E-state index in [1.165, 1.54) is 0 Å². The van der Waals surface area contributed by atoms with Gasteiger partial charge in [0.2, 0.25) is 11.6 Å². The van der Waals surface area contributed by atoms with E-state index >= 15 is 0 Å².